The molecule has 192 valence electrons. The van der Waals surface area contributed by atoms with Crippen LogP contribution in [0.4, 0.5) is 4.79 Å². The van der Waals surface area contributed by atoms with Gasteiger partial charge in [-0.15, -0.1) is 0 Å². The van der Waals surface area contributed by atoms with E-state index < -0.39 is 0 Å². The molecule has 0 radical (unpaired) electrons. The Hall–Kier alpha value is -3.98. The molecule has 0 saturated carbocycles. The van der Waals surface area contributed by atoms with Gasteiger partial charge in [0.05, 0.1) is 30.7 Å². The lowest BCUT2D eigenvalue weighted by Crippen LogP contribution is -2.32. The van der Waals surface area contributed by atoms with E-state index in [0.717, 1.165) is 34.4 Å². The highest BCUT2D eigenvalue weighted by Gasteiger charge is 2.35. The number of nitrogens with zero attached hydrogens (tertiary/aromatic N) is 2. The first-order chi connectivity index (χ1) is 17.8. The van der Waals surface area contributed by atoms with E-state index in [-0.39, 0.29) is 30.3 Å². The summed E-state index contributed by atoms with van der Waals surface area (Å²) in [5.74, 6) is 0.430. The number of thioether (sulfide) groups is 1. The molecule has 2 amide bonds. The molecule has 2 aromatic carbocycles. The van der Waals surface area contributed by atoms with Gasteiger partial charge in [0, 0.05) is 17.1 Å². The molecule has 1 aliphatic heterocycles. The molecule has 1 fully saturated rings. The van der Waals surface area contributed by atoms with Gasteiger partial charge >= 0.3 is 5.97 Å². The minimum absolute atomic E-state index is 0.131. The third-order valence-electron chi connectivity index (χ3n) is 5.91. The van der Waals surface area contributed by atoms with Gasteiger partial charge < -0.3 is 18.8 Å². The van der Waals surface area contributed by atoms with Gasteiger partial charge in [0.2, 0.25) is 0 Å². The highest BCUT2D eigenvalue weighted by molar-refractivity contribution is 8.18. The van der Waals surface area contributed by atoms with Crippen LogP contribution in [0.2, 0.25) is 0 Å². The standard InChI is InChI=1S/C28H28N2O6S/c1-5-35-27(32)20-10-12-22(13-11-20)30-18(2)16-21(19(30)3)17-25-26(31)29(28(33)37-25)14-15-36-24-9-7-6-8-23(24)34-4/h6-13,16-17H,5,14-15H2,1-4H3/b25-17-. The number of esters is 1. The fourth-order valence-electron chi connectivity index (χ4n) is 4.11. The van der Waals surface area contributed by atoms with E-state index in [4.69, 9.17) is 14.2 Å². The average Bonchev–Trinajstić information content (AvgIpc) is 3.33. The fourth-order valence-corrected chi connectivity index (χ4v) is 4.97. The lowest BCUT2D eigenvalue weighted by molar-refractivity contribution is -0.123. The number of hydrogen-bond donors (Lipinski definition) is 0. The van der Waals surface area contributed by atoms with Crippen LogP contribution in [-0.2, 0) is 9.53 Å². The lowest BCUT2D eigenvalue weighted by Gasteiger charge is -2.14. The second kappa shape index (κ2) is 11.4. The first-order valence-corrected chi connectivity index (χ1v) is 12.6. The van der Waals surface area contributed by atoms with Crippen LogP contribution in [0.1, 0.15) is 34.2 Å². The number of ether oxygens (including phenoxy) is 3. The molecule has 37 heavy (non-hydrogen) atoms. The van der Waals surface area contributed by atoms with Gasteiger partial charge in [0.25, 0.3) is 11.1 Å². The summed E-state index contributed by atoms with van der Waals surface area (Å²) in [4.78, 5) is 39.1. The molecule has 0 atom stereocenters. The van der Waals surface area contributed by atoms with E-state index in [1.165, 1.54) is 4.90 Å². The molecular weight excluding hydrogens is 492 g/mol. The average molecular weight is 521 g/mol. The Morgan fingerprint density at radius 1 is 1.03 bits per heavy atom. The number of rotatable bonds is 9. The second-order valence-electron chi connectivity index (χ2n) is 8.26. The predicted octanol–water partition coefficient (Wildman–Crippen LogP) is 5.39. The van der Waals surface area contributed by atoms with E-state index in [0.29, 0.717) is 28.6 Å². The first kappa shape index (κ1) is 26.1. The quantitative estimate of drug-likeness (QED) is 0.276. The first-order valence-electron chi connectivity index (χ1n) is 11.8. The van der Waals surface area contributed by atoms with Crippen LogP contribution in [0.25, 0.3) is 11.8 Å². The number of imide groups is 1. The highest BCUT2D eigenvalue weighted by atomic mass is 32.2. The Balaban J connectivity index is 1.48. The third kappa shape index (κ3) is 5.56. The van der Waals surface area contributed by atoms with Crippen molar-refractivity contribution in [3.8, 4) is 17.2 Å². The molecule has 3 aromatic rings. The SMILES string of the molecule is CCOC(=O)c1ccc(-n2c(C)cc(/C=C3\SC(=O)N(CCOc4ccccc4OC)C3=O)c2C)cc1. The van der Waals surface area contributed by atoms with E-state index in [1.807, 2.05) is 48.7 Å². The number of aromatic nitrogens is 1. The number of carbonyl (C=O) groups is 3. The molecule has 8 nitrogen and oxygen atoms in total. The van der Waals surface area contributed by atoms with Gasteiger partial charge in [-0.25, -0.2) is 4.79 Å². The molecular formula is C28H28N2O6S. The van der Waals surface area contributed by atoms with Crippen LogP contribution in [0.5, 0.6) is 11.5 Å². The van der Waals surface area contributed by atoms with Gasteiger partial charge in [-0.2, -0.15) is 0 Å². The number of carbonyl (C=O) groups excluding carboxylic acids is 3. The minimum atomic E-state index is -0.361. The summed E-state index contributed by atoms with van der Waals surface area (Å²) >= 11 is 0.918. The van der Waals surface area contributed by atoms with Crippen molar-refractivity contribution in [2.45, 2.75) is 20.8 Å². The maximum absolute atomic E-state index is 13.0. The normalized spacial score (nSPS) is 14.4. The molecule has 0 bridgehead atoms. The van der Waals surface area contributed by atoms with E-state index in [9.17, 15) is 14.4 Å². The summed E-state index contributed by atoms with van der Waals surface area (Å²) in [5.41, 5.74) is 4.06. The number of hydrogen-bond acceptors (Lipinski definition) is 7. The maximum atomic E-state index is 13.0. The van der Waals surface area contributed by atoms with Crippen molar-refractivity contribution >= 4 is 35.0 Å². The Labute approximate surface area is 219 Å². The van der Waals surface area contributed by atoms with Gasteiger partial charge in [-0.05, 0) is 86.6 Å². The van der Waals surface area contributed by atoms with Crippen LogP contribution < -0.4 is 9.47 Å². The molecule has 2 heterocycles. The molecule has 0 aliphatic carbocycles. The van der Waals surface area contributed by atoms with E-state index >= 15 is 0 Å². The van der Waals surface area contributed by atoms with Crippen LogP contribution in [0, 0.1) is 13.8 Å². The molecule has 0 spiro atoms. The Morgan fingerprint density at radius 3 is 2.41 bits per heavy atom. The number of methoxy groups -OCH3 is 1. The van der Waals surface area contributed by atoms with Crippen molar-refractivity contribution in [1.82, 2.24) is 9.47 Å². The van der Waals surface area contributed by atoms with Gasteiger partial charge in [-0.3, -0.25) is 14.5 Å². The van der Waals surface area contributed by atoms with Crippen molar-refractivity contribution in [1.29, 1.82) is 0 Å². The van der Waals surface area contributed by atoms with Crippen molar-refractivity contribution < 1.29 is 28.6 Å². The number of amides is 2. The Bertz CT molecular complexity index is 1360. The van der Waals surface area contributed by atoms with E-state index in [2.05, 4.69) is 0 Å². The summed E-state index contributed by atoms with van der Waals surface area (Å²) < 4.78 is 18.1. The zero-order valence-electron chi connectivity index (χ0n) is 21.1. The van der Waals surface area contributed by atoms with Crippen molar-refractivity contribution in [3.05, 3.63) is 82.0 Å². The monoisotopic (exact) mass is 520 g/mol. The third-order valence-corrected chi connectivity index (χ3v) is 6.82. The molecule has 0 unspecified atom stereocenters. The molecule has 4 rings (SSSR count). The smallest absolute Gasteiger partial charge is 0.338 e. The number of benzene rings is 2. The zero-order valence-corrected chi connectivity index (χ0v) is 22.0. The Kier molecular flexibility index (Phi) is 8.03. The highest BCUT2D eigenvalue weighted by Crippen LogP contribution is 2.34. The van der Waals surface area contributed by atoms with Gasteiger partial charge in [-0.1, -0.05) is 12.1 Å². The molecule has 9 heteroatoms. The summed E-state index contributed by atoms with van der Waals surface area (Å²) in [6.07, 6.45) is 1.75. The van der Waals surface area contributed by atoms with Gasteiger partial charge in [0.15, 0.2) is 11.5 Å². The molecule has 1 aromatic heterocycles. The van der Waals surface area contributed by atoms with Gasteiger partial charge in [0.1, 0.15) is 6.61 Å². The predicted molar refractivity (Wildman–Crippen MR) is 142 cm³/mol. The van der Waals surface area contributed by atoms with Crippen LogP contribution in [-0.4, -0.2) is 53.5 Å². The van der Waals surface area contributed by atoms with Crippen LogP contribution in [0.15, 0.2) is 59.5 Å². The van der Waals surface area contributed by atoms with Crippen LogP contribution in [0.3, 0.4) is 0 Å². The molecule has 1 aliphatic rings. The number of para-hydroxylation sites is 2. The largest absolute Gasteiger partial charge is 0.493 e. The Morgan fingerprint density at radius 2 is 1.73 bits per heavy atom. The van der Waals surface area contributed by atoms with Crippen molar-refractivity contribution in [2.24, 2.45) is 0 Å². The van der Waals surface area contributed by atoms with Crippen molar-refractivity contribution in [3.63, 3.8) is 0 Å². The molecule has 1 saturated heterocycles. The fraction of sp³-hybridized carbons (Fsp3) is 0.250. The minimum Gasteiger partial charge on any atom is -0.493 e. The van der Waals surface area contributed by atoms with Crippen molar-refractivity contribution in [2.75, 3.05) is 26.9 Å². The summed E-state index contributed by atoms with van der Waals surface area (Å²) in [6, 6.07) is 16.3. The number of aryl methyl sites for hydroxylation is 1. The zero-order chi connectivity index (χ0) is 26.5. The maximum Gasteiger partial charge on any atom is 0.338 e. The van der Waals surface area contributed by atoms with Crippen LogP contribution >= 0.6 is 11.8 Å². The lowest BCUT2D eigenvalue weighted by atomic mass is 10.2. The molecule has 0 N–H and O–H groups in total. The topological polar surface area (TPSA) is 87.1 Å². The van der Waals surface area contributed by atoms with E-state index in [1.54, 1.807) is 44.4 Å². The summed E-state index contributed by atoms with van der Waals surface area (Å²) in [6.45, 7) is 6.28. The second-order valence-corrected chi connectivity index (χ2v) is 9.26. The summed E-state index contributed by atoms with van der Waals surface area (Å²) in [5, 5.41) is -0.330. The summed E-state index contributed by atoms with van der Waals surface area (Å²) in [7, 11) is 1.55.